The number of aliphatic carboxylic acids is 1. The molecular formula is C14H26N2O3. The highest BCUT2D eigenvalue weighted by Crippen LogP contribution is 2.26. The molecule has 0 radical (unpaired) electrons. The predicted octanol–water partition coefficient (Wildman–Crippen LogP) is 2.46. The fourth-order valence-corrected chi connectivity index (χ4v) is 2.18. The lowest BCUT2D eigenvalue weighted by atomic mass is 9.99. The van der Waals surface area contributed by atoms with Gasteiger partial charge in [-0.25, -0.2) is 4.79 Å². The van der Waals surface area contributed by atoms with Crippen molar-refractivity contribution >= 4 is 12.0 Å². The van der Waals surface area contributed by atoms with Gasteiger partial charge in [-0.1, -0.05) is 33.1 Å². The Morgan fingerprint density at radius 1 is 1.37 bits per heavy atom. The van der Waals surface area contributed by atoms with Gasteiger partial charge in [0.25, 0.3) is 0 Å². The molecule has 0 aliphatic heterocycles. The quantitative estimate of drug-likeness (QED) is 0.676. The average molecular weight is 270 g/mol. The van der Waals surface area contributed by atoms with Crippen LogP contribution in [0.1, 0.15) is 52.4 Å². The van der Waals surface area contributed by atoms with E-state index in [9.17, 15) is 9.59 Å². The number of nitrogens with one attached hydrogen (secondary N) is 1. The van der Waals surface area contributed by atoms with Gasteiger partial charge in [0.05, 0.1) is 0 Å². The van der Waals surface area contributed by atoms with Crippen LogP contribution < -0.4 is 5.32 Å². The largest absolute Gasteiger partial charge is 0.480 e. The summed E-state index contributed by atoms with van der Waals surface area (Å²) in [6, 6.07) is -0.0910. The van der Waals surface area contributed by atoms with Crippen molar-refractivity contribution in [3.63, 3.8) is 0 Å². The molecule has 0 aromatic carbocycles. The maximum absolute atomic E-state index is 12.0. The van der Waals surface area contributed by atoms with Gasteiger partial charge in [0, 0.05) is 12.6 Å². The number of amides is 2. The Morgan fingerprint density at radius 2 is 2.05 bits per heavy atom. The van der Waals surface area contributed by atoms with Gasteiger partial charge in [0.1, 0.15) is 6.54 Å². The normalized spacial score (nSPS) is 15.9. The molecule has 0 aromatic rings. The number of nitrogens with zero attached hydrogens (tertiary/aromatic N) is 1. The minimum absolute atomic E-state index is 0.131. The van der Waals surface area contributed by atoms with Crippen LogP contribution in [-0.2, 0) is 4.79 Å². The minimum Gasteiger partial charge on any atom is -0.480 e. The molecule has 0 heterocycles. The number of carbonyl (C=O) groups is 2. The third-order valence-electron chi connectivity index (χ3n) is 3.64. The summed E-state index contributed by atoms with van der Waals surface area (Å²) in [6.45, 7) is 4.75. The first-order chi connectivity index (χ1) is 9.08. The summed E-state index contributed by atoms with van der Waals surface area (Å²) >= 11 is 0. The first kappa shape index (κ1) is 15.8. The lowest BCUT2D eigenvalue weighted by Crippen LogP contribution is -2.45. The number of hydrogen-bond acceptors (Lipinski definition) is 2. The molecule has 1 aliphatic carbocycles. The minimum atomic E-state index is -0.944. The van der Waals surface area contributed by atoms with E-state index in [1.807, 2.05) is 0 Å². The zero-order valence-corrected chi connectivity index (χ0v) is 12.0. The summed E-state index contributed by atoms with van der Waals surface area (Å²) in [4.78, 5) is 24.2. The molecule has 0 aromatic heterocycles. The Labute approximate surface area is 115 Å². The van der Waals surface area contributed by atoms with Gasteiger partial charge < -0.3 is 15.3 Å². The van der Waals surface area contributed by atoms with E-state index in [2.05, 4.69) is 19.2 Å². The topological polar surface area (TPSA) is 69.6 Å². The van der Waals surface area contributed by atoms with Gasteiger partial charge >= 0.3 is 12.0 Å². The summed E-state index contributed by atoms with van der Waals surface area (Å²) in [6.07, 6.45) is 6.35. The molecule has 19 heavy (non-hydrogen) atoms. The summed E-state index contributed by atoms with van der Waals surface area (Å²) < 4.78 is 0. The highest BCUT2D eigenvalue weighted by atomic mass is 16.4. The fraction of sp³-hybridized carbons (Fsp3) is 0.857. The molecule has 1 atom stereocenters. The Kier molecular flexibility index (Phi) is 6.67. The highest BCUT2D eigenvalue weighted by molar-refractivity contribution is 5.80. The van der Waals surface area contributed by atoms with Crippen LogP contribution in [0, 0.1) is 5.92 Å². The van der Waals surface area contributed by atoms with Crippen LogP contribution in [0.2, 0.25) is 0 Å². The molecule has 0 bridgehead atoms. The van der Waals surface area contributed by atoms with E-state index in [-0.39, 0.29) is 18.6 Å². The van der Waals surface area contributed by atoms with Gasteiger partial charge in [0.2, 0.25) is 0 Å². The second kappa shape index (κ2) is 8.02. The second-order valence-electron chi connectivity index (χ2n) is 5.36. The van der Waals surface area contributed by atoms with Crippen molar-refractivity contribution in [3.8, 4) is 0 Å². The first-order valence-corrected chi connectivity index (χ1v) is 7.34. The smallest absolute Gasteiger partial charge is 0.323 e. The molecular weight excluding hydrogens is 244 g/mol. The third-order valence-corrected chi connectivity index (χ3v) is 3.64. The van der Waals surface area contributed by atoms with Crippen LogP contribution in [0.5, 0.6) is 0 Å². The summed E-state index contributed by atoms with van der Waals surface area (Å²) in [5.74, 6) is -0.449. The second-order valence-corrected chi connectivity index (χ2v) is 5.36. The molecule has 2 N–H and O–H groups in total. The van der Waals surface area contributed by atoms with Crippen LogP contribution in [0.4, 0.5) is 4.79 Å². The van der Waals surface area contributed by atoms with Crippen molar-refractivity contribution in [2.45, 2.75) is 58.4 Å². The number of hydrogen-bond donors (Lipinski definition) is 2. The molecule has 110 valence electrons. The van der Waals surface area contributed by atoms with Gasteiger partial charge in [-0.15, -0.1) is 0 Å². The Morgan fingerprint density at radius 3 is 2.53 bits per heavy atom. The van der Waals surface area contributed by atoms with Gasteiger partial charge in [0.15, 0.2) is 0 Å². The number of rotatable bonds is 9. The standard InChI is InChI=1S/C14H26N2O3/c1-3-5-6-11(4-2)9-15-14(19)16(10-13(17)18)12-7-8-12/h11-12H,3-10H2,1-2H3,(H,15,19)(H,17,18). The van der Waals surface area contributed by atoms with Crippen molar-refractivity contribution in [1.29, 1.82) is 0 Å². The molecule has 1 unspecified atom stereocenters. The molecule has 1 fully saturated rings. The van der Waals surface area contributed by atoms with E-state index in [0.29, 0.717) is 12.5 Å². The summed E-state index contributed by atoms with van der Waals surface area (Å²) in [7, 11) is 0. The van der Waals surface area contributed by atoms with Crippen molar-refractivity contribution < 1.29 is 14.7 Å². The van der Waals surface area contributed by atoms with E-state index in [0.717, 1.165) is 32.1 Å². The number of carbonyl (C=O) groups excluding carboxylic acids is 1. The van der Waals surface area contributed by atoms with Crippen molar-refractivity contribution in [1.82, 2.24) is 10.2 Å². The number of carboxylic acid groups (broad SMARTS) is 1. The maximum Gasteiger partial charge on any atom is 0.323 e. The van der Waals surface area contributed by atoms with E-state index >= 15 is 0 Å². The van der Waals surface area contributed by atoms with Crippen LogP contribution in [0.3, 0.4) is 0 Å². The summed E-state index contributed by atoms with van der Waals surface area (Å²) in [5, 5.41) is 11.7. The number of unbranched alkanes of at least 4 members (excludes halogenated alkanes) is 1. The van der Waals surface area contributed by atoms with Crippen molar-refractivity contribution in [2.24, 2.45) is 5.92 Å². The molecule has 1 saturated carbocycles. The molecule has 2 amide bonds. The summed E-state index contributed by atoms with van der Waals surface area (Å²) in [5.41, 5.74) is 0. The van der Waals surface area contributed by atoms with E-state index in [1.165, 1.54) is 11.3 Å². The third kappa shape index (κ3) is 5.94. The predicted molar refractivity (Wildman–Crippen MR) is 74.1 cm³/mol. The van der Waals surface area contributed by atoms with E-state index in [1.54, 1.807) is 0 Å². The van der Waals surface area contributed by atoms with Crippen LogP contribution >= 0.6 is 0 Å². The Bertz CT molecular complexity index is 303. The highest BCUT2D eigenvalue weighted by Gasteiger charge is 2.33. The molecule has 1 rings (SSSR count). The molecule has 1 aliphatic rings. The Hall–Kier alpha value is -1.26. The monoisotopic (exact) mass is 270 g/mol. The molecule has 0 saturated heterocycles. The number of urea groups is 1. The SMILES string of the molecule is CCCCC(CC)CNC(=O)N(CC(=O)O)C1CC1. The van der Waals surface area contributed by atoms with Crippen LogP contribution in [0.15, 0.2) is 0 Å². The Balaban J connectivity index is 2.36. The first-order valence-electron chi connectivity index (χ1n) is 7.34. The maximum atomic E-state index is 12.0. The average Bonchev–Trinajstić information content (AvgIpc) is 3.20. The zero-order valence-electron chi connectivity index (χ0n) is 12.0. The number of carboxylic acids is 1. The lowest BCUT2D eigenvalue weighted by Gasteiger charge is -2.23. The van der Waals surface area contributed by atoms with E-state index in [4.69, 9.17) is 5.11 Å². The van der Waals surface area contributed by atoms with Crippen LogP contribution in [-0.4, -0.2) is 41.1 Å². The van der Waals surface area contributed by atoms with Gasteiger partial charge in [-0.3, -0.25) is 4.79 Å². The molecule has 5 nitrogen and oxygen atoms in total. The fourth-order valence-electron chi connectivity index (χ4n) is 2.18. The van der Waals surface area contributed by atoms with Crippen LogP contribution in [0.25, 0.3) is 0 Å². The molecule has 0 spiro atoms. The van der Waals surface area contributed by atoms with Gasteiger partial charge in [-0.05, 0) is 25.2 Å². The van der Waals surface area contributed by atoms with Crippen molar-refractivity contribution in [3.05, 3.63) is 0 Å². The van der Waals surface area contributed by atoms with E-state index < -0.39 is 5.97 Å². The molecule has 5 heteroatoms. The van der Waals surface area contributed by atoms with Gasteiger partial charge in [-0.2, -0.15) is 0 Å². The zero-order chi connectivity index (χ0) is 14.3. The van der Waals surface area contributed by atoms with Crippen molar-refractivity contribution in [2.75, 3.05) is 13.1 Å². The lowest BCUT2D eigenvalue weighted by molar-refractivity contribution is -0.137.